The van der Waals surface area contributed by atoms with Crippen LogP contribution in [-0.4, -0.2) is 59.8 Å². The second kappa shape index (κ2) is 8.75. The van der Waals surface area contributed by atoms with Crippen molar-refractivity contribution in [1.82, 2.24) is 19.3 Å². The van der Waals surface area contributed by atoms with Crippen LogP contribution in [0.5, 0.6) is 0 Å². The number of hydrogen-bond acceptors (Lipinski definition) is 8. The number of pyridine rings is 1. The van der Waals surface area contributed by atoms with Gasteiger partial charge in [-0.25, -0.2) is 23.4 Å². The molecule has 0 atom stereocenters. The van der Waals surface area contributed by atoms with Gasteiger partial charge in [0.05, 0.1) is 4.90 Å². The lowest BCUT2D eigenvalue weighted by Crippen LogP contribution is -2.49. The van der Waals surface area contributed by atoms with E-state index >= 15 is 0 Å². The van der Waals surface area contributed by atoms with Gasteiger partial charge in [-0.3, -0.25) is 4.79 Å². The molecule has 11 heteroatoms. The minimum absolute atomic E-state index is 0.0441. The number of rotatable bonds is 5. The first-order chi connectivity index (χ1) is 16.0. The van der Waals surface area contributed by atoms with Crippen LogP contribution in [0.15, 0.2) is 59.9 Å². The normalized spacial score (nSPS) is 16.7. The van der Waals surface area contributed by atoms with Crippen molar-refractivity contribution in [3.05, 3.63) is 60.6 Å². The molecule has 0 unspecified atom stereocenters. The van der Waals surface area contributed by atoms with Gasteiger partial charge in [0.2, 0.25) is 15.9 Å². The minimum atomic E-state index is -3.62. The van der Waals surface area contributed by atoms with Gasteiger partial charge in [0, 0.05) is 50.6 Å². The van der Waals surface area contributed by atoms with E-state index in [9.17, 15) is 13.2 Å². The fourth-order valence-electron chi connectivity index (χ4n) is 3.98. The maximum absolute atomic E-state index is 13.2. The highest BCUT2D eigenvalue weighted by Crippen LogP contribution is 2.28. The van der Waals surface area contributed by atoms with Crippen molar-refractivity contribution in [1.29, 1.82) is 0 Å². The van der Waals surface area contributed by atoms with Gasteiger partial charge in [0.15, 0.2) is 0 Å². The molecule has 1 saturated heterocycles. The van der Waals surface area contributed by atoms with Gasteiger partial charge in [-0.15, -0.1) is 0 Å². The van der Waals surface area contributed by atoms with Gasteiger partial charge in [-0.05, 0) is 42.3 Å². The fraction of sp³-hybridized carbons (Fsp3) is 0.273. The number of aromatic nitrogens is 3. The molecule has 1 aromatic carbocycles. The Morgan fingerprint density at radius 3 is 2.55 bits per heavy atom. The van der Waals surface area contributed by atoms with Crippen LogP contribution >= 0.6 is 0 Å². The Morgan fingerprint density at radius 1 is 0.909 bits per heavy atom. The number of aryl methyl sites for hydroxylation is 1. The number of sulfonamides is 1. The van der Waals surface area contributed by atoms with Gasteiger partial charge in [0.25, 0.3) is 0 Å². The summed E-state index contributed by atoms with van der Waals surface area (Å²) in [5.41, 5.74) is 1.54. The zero-order valence-corrected chi connectivity index (χ0v) is 18.6. The number of benzene rings is 1. The molecule has 0 spiro atoms. The smallest absolute Gasteiger partial charge is 0.243 e. The Kier molecular flexibility index (Phi) is 5.65. The van der Waals surface area contributed by atoms with Gasteiger partial charge in [0.1, 0.15) is 23.8 Å². The third-order valence-corrected chi connectivity index (χ3v) is 7.64. The molecule has 5 rings (SSSR count). The van der Waals surface area contributed by atoms with E-state index in [1.807, 2.05) is 29.2 Å². The van der Waals surface area contributed by atoms with E-state index in [-0.39, 0.29) is 10.8 Å². The molecule has 0 saturated carbocycles. The summed E-state index contributed by atoms with van der Waals surface area (Å²) in [6, 6.07) is 12.3. The largest absolute Gasteiger partial charge is 0.354 e. The highest BCUT2D eigenvalue weighted by molar-refractivity contribution is 7.89. The molecule has 0 radical (unpaired) electrons. The minimum Gasteiger partial charge on any atom is -0.354 e. The fourth-order valence-corrected chi connectivity index (χ4v) is 5.46. The van der Waals surface area contributed by atoms with Crippen LogP contribution in [0.25, 0.3) is 0 Å². The predicted molar refractivity (Wildman–Crippen MR) is 124 cm³/mol. The highest BCUT2D eigenvalue weighted by Gasteiger charge is 2.30. The Morgan fingerprint density at radius 2 is 1.76 bits per heavy atom. The Balaban J connectivity index is 1.26. The summed E-state index contributed by atoms with van der Waals surface area (Å²) >= 11 is 0. The lowest BCUT2D eigenvalue weighted by atomic mass is 10.0. The van der Waals surface area contributed by atoms with E-state index in [0.29, 0.717) is 56.3 Å². The number of anilines is 4. The third kappa shape index (κ3) is 4.50. The van der Waals surface area contributed by atoms with Crippen LogP contribution in [0.4, 0.5) is 23.1 Å². The summed E-state index contributed by atoms with van der Waals surface area (Å²) in [7, 11) is -3.62. The molecular weight excluding hydrogens is 442 g/mol. The van der Waals surface area contributed by atoms with Gasteiger partial charge >= 0.3 is 0 Å². The van der Waals surface area contributed by atoms with Crippen molar-refractivity contribution in [3.8, 4) is 0 Å². The van der Waals surface area contributed by atoms with E-state index in [2.05, 4.69) is 25.6 Å². The van der Waals surface area contributed by atoms with E-state index < -0.39 is 10.0 Å². The summed E-state index contributed by atoms with van der Waals surface area (Å²) in [5, 5.41) is 5.93. The number of carbonyl (C=O) groups is 1. The zero-order chi connectivity index (χ0) is 22.8. The third-order valence-electron chi connectivity index (χ3n) is 5.75. The van der Waals surface area contributed by atoms with Crippen molar-refractivity contribution in [2.24, 2.45) is 0 Å². The second-order valence-electron chi connectivity index (χ2n) is 7.86. The number of fused-ring (bicyclic) bond motifs is 1. The summed E-state index contributed by atoms with van der Waals surface area (Å²) < 4.78 is 27.9. The second-order valence-corrected chi connectivity index (χ2v) is 9.80. The summed E-state index contributed by atoms with van der Waals surface area (Å²) in [6.45, 7) is 1.73. The molecule has 33 heavy (non-hydrogen) atoms. The van der Waals surface area contributed by atoms with Crippen molar-refractivity contribution in [2.45, 2.75) is 17.7 Å². The van der Waals surface area contributed by atoms with Crippen LogP contribution in [0.3, 0.4) is 0 Å². The van der Waals surface area contributed by atoms with Gasteiger partial charge in [-0.1, -0.05) is 6.07 Å². The SMILES string of the molecule is O=C1CCc2cc(S(=O)(=O)N3CCN(c4cc(Nc5ccccn5)ncn4)CC3)ccc2N1. The molecule has 3 aromatic rings. The van der Waals surface area contributed by atoms with E-state index in [1.165, 1.54) is 10.6 Å². The summed E-state index contributed by atoms with van der Waals surface area (Å²) in [5.74, 6) is 1.99. The van der Waals surface area contributed by atoms with E-state index in [1.54, 1.807) is 24.4 Å². The monoisotopic (exact) mass is 465 g/mol. The summed E-state index contributed by atoms with van der Waals surface area (Å²) in [6.07, 6.45) is 4.09. The van der Waals surface area contributed by atoms with E-state index in [0.717, 1.165) is 11.4 Å². The van der Waals surface area contributed by atoms with Crippen LogP contribution < -0.4 is 15.5 Å². The molecule has 2 N–H and O–H groups in total. The quantitative estimate of drug-likeness (QED) is 0.587. The number of piperazine rings is 1. The molecule has 1 amide bonds. The summed E-state index contributed by atoms with van der Waals surface area (Å²) in [4.78, 5) is 26.7. The Bertz CT molecular complexity index is 1280. The standard InChI is InChI=1S/C22H23N7O3S/c30-22-7-4-16-13-17(5-6-18(16)26-22)33(31,32)29-11-9-28(10-12-29)21-14-20(24-15-25-21)27-19-3-1-2-8-23-19/h1-3,5-6,8,13-15H,4,7,9-12H2,(H,26,30)(H,23,24,25,27). The van der Waals surface area contributed by atoms with Gasteiger partial charge in [-0.2, -0.15) is 4.31 Å². The average molecular weight is 466 g/mol. The first-order valence-electron chi connectivity index (χ1n) is 10.7. The molecule has 1 fully saturated rings. The zero-order valence-electron chi connectivity index (χ0n) is 17.8. The molecule has 170 valence electrons. The maximum atomic E-state index is 13.2. The average Bonchev–Trinajstić information content (AvgIpc) is 2.84. The topological polar surface area (TPSA) is 120 Å². The van der Waals surface area contributed by atoms with Crippen LogP contribution in [0.2, 0.25) is 0 Å². The molecule has 0 bridgehead atoms. The molecule has 0 aliphatic carbocycles. The van der Waals surface area contributed by atoms with Crippen LogP contribution in [0, 0.1) is 0 Å². The lowest BCUT2D eigenvalue weighted by molar-refractivity contribution is -0.116. The van der Waals surface area contributed by atoms with Crippen LogP contribution in [-0.2, 0) is 21.2 Å². The van der Waals surface area contributed by atoms with Crippen molar-refractivity contribution < 1.29 is 13.2 Å². The molecule has 10 nitrogen and oxygen atoms in total. The van der Waals surface area contributed by atoms with Crippen LogP contribution in [0.1, 0.15) is 12.0 Å². The molecule has 2 aliphatic heterocycles. The molecule has 2 aromatic heterocycles. The van der Waals surface area contributed by atoms with Crippen molar-refractivity contribution in [3.63, 3.8) is 0 Å². The number of amides is 1. The maximum Gasteiger partial charge on any atom is 0.243 e. The number of nitrogens with zero attached hydrogens (tertiary/aromatic N) is 5. The first-order valence-corrected chi connectivity index (χ1v) is 12.1. The number of nitrogens with one attached hydrogen (secondary N) is 2. The Labute approximate surface area is 191 Å². The number of hydrogen-bond donors (Lipinski definition) is 2. The van der Waals surface area contributed by atoms with Crippen molar-refractivity contribution >= 4 is 39.1 Å². The Hall–Kier alpha value is -3.57. The molecule has 2 aliphatic rings. The highest BCUT2D eigenvalue weighted by atomic mass is 32.2. The lowest BCUT2D eigenvalue weighted by Gasteiger charge is -2.34. The number of carbonyl (C=O) groups excluding carboxylic acids is 1. The van der Waals surface area contributed by atoms with Gasteiger partial charge < -0.3 is 15.5 Å². The molecule has 4 heterocycles. The van der Waals surface area contributed by atoms with E-state index in [4.69, 9.17) is 0 Å². The predicted octanol–water partition coefficient (Wildman–Crippen LogP) is 2.01. The first kappa shape index (κ1) is 21.3. The molecular formula is C22H23N7O3S. The van der Waals surface area contributed by atoms with Crippen molar-refractivity contribution in [2.75, 3.05) is 41.7 Å².